The van der Waals surface area contributed by atoms with Crippen LogP contribution in [0.4, 0.5) is 4.39 Å². The molecular weight excluding hydrogens is 149 g/mol. The number of nitrogens with one attached hydrogen (secondary N) is 1. The van der Waals surface area contributed by atoms with Gasteiger partial charge in [0.15, 0.2) is 0 Å². The lowest BCUT2D eigenvalue weighted by atomic mass is 10.2. The highest BCUT2D eigenvalue weighted by Gasteiger charge is 2.00. The summed E-state index contributed by atoms with van der Waals surface area (Å²) >= 11 is 0. The van der Waals surface area contributed by atoms with Crippen molar-refractivity contribution >= 4 is 0 Å². The van der Waals surface area contributed by atoms with Crippen molar-refractivity contribution in [1.29, 1.82) is 0 Å². The van der Waals surface area contributed by atoms with Crippen molar-refractivity contribution in [2.24, 2.45) is 0 Å². The molecule has 0 aliphatic heterocycles. The number of hydrogen-bond acceptors (Lipinski definition) is 3. The second-order valence-electron chi connectivity index (χ2n) is 2.47. The largest absolute Gasteiger partial charge is 0.356 e. The van der Waals surface area contributed by atoms with Crippen LogP contribution in [-0.2, 0) is 4.74 Å². The number of aliphatic hydroxyl groups is 1. The molecule has 0 saturated heterocycles. The Morgan fingerprint density at radius 3 is 2.73 bits per heavy atom. The molecule has 0 aromatic carbocycles. The van der Waals surface area contributed by atoms with Crippen molar-refractivity contribution in [2.45, 2.75) is 32.4 Å². The van der Waals surface area contributed by atoms with Crippen molar-refractivity contribution in [3.05, 3.63) is 0 Å². The zero-order valence-corrected chi connectivity index (χ0v) is 7.01. The highest BCUT2D eigenvalue weighted by Crippen LogP contribution is 1.98. The van der Waals surface area contributed by atoms with Crippen LogP contribution in [-0.4, -0.2) is 31.3 Å². The molecule has 0 radical (unpaired) electrons. The number of aliphatic hydroxyl groups excluding tert-OH is 1. The monoisotopic (exact) mass is 165 g/mol. The average molecular weight is 165 g/mol. The topological polar surface area (TPSA) is 41.5 Å². The fourth-order valence-corrected chi connectivity index (χ4v) is 0.692. The Kier molecular flexibility index (Phi) is 6.40. The summed E-state index contributed by atoms with van der Waals surface area (Å²) in [6, 6.07) is 0. The number of halogens is 1. The average Bonchev–Trinajstić information content (AvgIpc) is 1.97. The first-order chi connectivity index (χ1) is 5.16. The molecule has 0 saturated carbocycles. The minimum atomic E-state index is -0.926. The molecule has 0 fully saturated rings. The molecule has 0 aromatic heterocycles. The van der Waals surface area contributed by atoms with E-state index in [4.69, 9.17) is 5.11 Å². The van der Waals surface area contributed by atoms with Crippen molar-refractivity contribution in [2.75, 3.05) is 13.7 Å². The zero-order valence-electron chi connectivity index (χ0n) is 7.01. The van der Waals surface area contributed by atoms with Gasteiger partial charge < -0.3 is 9.84 Å². The van der Waals surface area contributed by atoms with E-state index in [9.17, 15) is 4.39 Å². The van der Waals surface area contributed by atoms with Gasteiger partial charge in [-0.15, -0.1) is 0 Å². The van der Waals surface area contributed by atoms with Crippen LogP contribution in [0.25, 0.3) is 0 Å². The molecule has 2 atom stereocenters. The van der Waals surface area contributed by atoms with Crippen LogP contribution in [0.5, 0.6) is 0 Å². The number of methoxy groups -OCH3 is 1. The molecule has 1 unspecified atom stereocenters. The van der Waals surface area contributed by atoms with Crippen LogP contribution in [0.3, 0.4) is 0 Å². The molecule has 0 amide bonds. The molecule has 0 aromatic rings. The summed E-state index contributed by atoms with van der Waals surface area (Å²) in [5.41, 5.74) is 0. The normalized spacial score (nSPS) is 16.4. The van der Waals surface area contributed by atoms with E-state index in [1.54, 1.807) is 0 Å². The summed E-state index contributed by atoms with van der Waals surface area (Å²) in [4.78, 5) is 0. The Morgan fingerprint density at radius 2 is 2.27 bits per heavy atom. The number of hydrogen-bond donors (Lipinski definition) is 2. The van der Waals surface area contributed by atoms with E-state index in [1.165, 1.54) is 14.0 Å². The van der Waals surface area contributed by atoms with Gasteiger partial charge in [0.1, 0.15) is 0 Å². The van der Waals surface area contributed by atoms with Crippen molar-refractivity contribution < 1.29 is 14.2 Å². The Morgan fingerprint density at radius 1 is 1.64 bits per heavy atom. The van der Waals surface area contributed by atoms with Gasteiger partial charge in [0.2, 0.25) is 6.41 Å². The van der Waals surface area contributed by atoms with E-state index >= 15 is 0 Å². The lowest BCUT2D eigenvalue weighted by Crippen LogP contribution is -2.31. The van der Waals surface area contributed by atoms with E-state index in [0.717, 1.165) is 0 Å². The van der Waals surface area contributed by atoms with E-state index in [2.05, 4.69) is 10.1 Å². The molecule has 68 valence electrons. The molecule has 0 heterocycles. The first-order valence-corrected chi connectivity index (χ1v) is 3.75. The van der Waals surface area contributed by atoms with Crippen LogP contribution in [0.1, 0.15) is 19.8 Å². The minimum absolute atomic E-state index is 0.517. The molecular formula is C7H16FNO2. The smallest absolute Gasteiger partial charge is 0.213 e. The maximum Gasteiger partial charge on any atom is 0.213 e. The molecule has 3 nitrogen and oxygen atoms in total. The Bertz CT molecular complexity index is 90.5. The van der Waals surface area contributed by atoms with E-state index in [1.807, 2.05) is 0 Å². The summed E-state index contributed by atoms with van der Waals surface area (Å²) in [6.07, 6.45) is -0.469. The lowest BCUT2D eigenvalue weighted by molar-refractivity contribution is -0.0965. The number of ether oxygens (including phenoxy) is 1. The minimum Gasteiger partial charge on any atom is -0.356 e. The number of rotatable bonds is 6. The van der Waals surface area contributed by atoms with Gasteiger partial charge in [-0.3, -0.25) is 5.32 Å². The van der Waals surface area contributed by atoms with Crippen molar-refractivity contribution in [3.63, 3.8) is 0 Å². The summed E-state index contributed by atoms with van der Waals surface area (Å²) < 4.78 is 16.7. The van der Waals surface area contributed by atoms with Gasteiger partial charge in [0, 0.05) is 7.11 Å². The fourth-order valence-electron chi connectivity index (χ4n) is 0.692. The molecule has 0 rings (SSSR count). The first-order valence-electron chi connectivity index (χ1n) is 3.75. The molecule has 0 aliphatic rings. The maximum absolute atomic E-state index is 12.2. The van der Waals surface area contributed by atoms with E-state index in [0.29, 0.717) is 19.4 Å². The van der Waals surface area contributed by atoms with Gasteiger partial charge >= 0.3 is 0 Å². The standard InChI is InChI=1S/C7H16FNO2/c1-6(8)4-3-5-9-7(10)11-2/h6-7,9-10H,3-5H2,1-2H3/t6-,7?/m1/s1. The molecule has 0 bridgehead atoms. The van der Waals surface area contributed by atoms with Gasteiger partial charge in [0.05, 0.1) is 6.17 Å². The second-order valence-corrected chi connectivity index (χ2v) is 2.47. The molecule has 0 aliphatic carbocycles. The van der Waals surface area contributed by atoms with Gasteiger partial charge in [-0.05, 0) is 26.3 Å². The Balaban J connectivity index is 3.01. The van der Waals surface area contributed by atoms with Gasteiger partial charge in [0.25, 0.3) is 0 Å². The van der Waals surface area contributed by atoms with Crippen LogP contribution in [0.2, 0.25) is 0 Å². The Labute approximate surface area is 66.6 Å². The predicted molar refractivity (Wildman–Crippen MR) is 40.8 cm³/mol. The lowest BCUT2D eigenvalue weighted by Gasteiger charge is -2.09. The van der Waals surface area contributed by atoms with Gasteiger partial charge in [-0.2, -0.15) is 0 Å². The van der Waals surface area contributed by atoms with Gasteiger partial charge in [-0.25, -0.2) is 4.39 Å². The summed E-state index contributed by atoms with van der Waals surface area (Å²) in [5, 5.41) is 11.5. The highest BCUT2D eigenvalue weighted by molar-refractivity contribution is 4.50. The third-order valence-electron chi connectivity index (χ3n) is 1.32. The van der Waals surface area contributed by atoms with Crippen LogP contribution < -0.4 is 5.32 Å². The predicted octanol–water partition coefficient (Wildman–Crippen LogP) is 0.636. The van der Waals surface area contributed by atoms with Crippen LogP contribution in [0, 0.1) is 0 Å². The zero-order chi connectivity index (χ0) is 8.69. The third kappa shape index (κ3) is 7.71. The molecule has 2 N–H and O–H groups in total. The van der Waals surface area contributed by atoms with E-state index < -0.39 is 12.6 Å². The van der Waals surface area contributed by atoms with Crippen LogP contribution >= 0.6 is 0 Å². The van der Waals surface area contributed by atoms with E-state index in [-0.39, 0.29) is 0 Å². The second kappa shape index (κ2) is 6.52. The quantitative estimate of drug-likeness (QED) is 0.448. The Hall–Kier alpha value is -0.190. The number of alkyl halides is 1. The SMILES string of the molecule is COC(O)NCCC[C@@H](C)F. The summed E-state index contributed by atoms with van der Waals surface area (Å²) in [6.45, 7) is 2.09. The van der Waals surface area contributed by atoms with Crippen LogP contribution in [0.15, 0.2) is 0 Å². The van der Waals surface area contributed by atoms with Gasteiger partial charge in [-0.1, -0.05) is 0 Å². The highest BCUT2D eigenvalue weighted by atomic mass is 19.1. The summed E-state index contributed by atoms with van der Waals surface area (Å²) in [7, 11) is 1.40. The summed E-state index contributed by atoms with van der Waals surface area (Å²) in [5.74, 6) is 0. The van der Waals surface area contributed by atoms with Crippen molar-refractivity contribution in [3.8, 4) is 0 Å². The molecule has 11 heavy (non-hydrogen) atoms. The first kappa shape index (κ1) is 10.8. The fraction of sp³-hybridized carbons (Fsp3) is 1.00. The maximum atomic E-state index is 12.2. The van der Waals surface area contributed by atoms with Crippen molar-refractivity contribution in [1.82, 2.24) is 5.32 Å². The molecule has 0 spiro atoms. The molecule has 4 heteroatoms. The third-order valence-corrected chi connectivity index (χ3v) is 1.32.